The van der Waals surface area contributed by atoms with E-state index in [0.29, 0.717) is 22.4 Å². The van der Waals surface area contributed by atoms with Gasteiger partial charge in [-0.1, -0.05) is 24.3 Å². The molecule has 0 amide bonds. The summed E-state index contributed by atoms with van der Waals surface area (Å²) < 4.78 is 23.9. The fourth-order valence-electron chi connectivity index (χ4n) is 2.65. The fraction of sp³-hybridized carbons (Fsp3) is 0.0556. The minimum absolute atomic E-state index is 0.241. The third-order valence-electron chi connectivity index (χ3n) is 3.77. The smallest absolute Gasteiger partial charge is 0.344 e. The van der Waals surface area contributed by atoms with Gasteiger partial charge in [-0.2, -0.15) is 0 Å². The summed E-state index contributed by atoms with van der Waals surface area (Å²) in [6.07, 6.45) is -1.23. The first-order valence-corrected chi connectivity index (χ1v) is 7.01. The quantitative estimate of drug-likeness (QED) is 0.747. The first kappa shape index (κ1) is 13.7. The second-order valence-electron chi connectivity index (χ2n) is 5.21. The first-order chi connectivity index (χ1) is 11.1. The molecule has 0 saturated carbocycles. The number of rotatable bonds is 1. The molecule has 0 saturated heterocycles. The van der Waals surface area contributed by atoms with Gasteiger partial charge < -0.3 is 14.3 Å². The number of hydrogen-bond donors (Lipinski definition) is 1. The van der Waals surface area contributed by atoms with Crippen molar-refractivity contribution in [2.24, 2.45) is 0 Å². The predicted octanol–water partition coefficient (Wildman–Crippen LogP) is 3.50. The number of hydrogen-bond acceptors (Lipinski definition) is 4. The lowest BCUT2D eigenvalue weighted by Gasteiger charge is -2.24. The van der Waals surface area contributed by atoms with Crippen LogP contribution in [0.15, 0.2) is 63.8 Å². The van der Waals surface area contributed by atoms with Crippen molar-refractivity contribution < 1.29 is 18.7 Å². The Bertz CT molecular complexity index is 944. The normalized spacial score (nSPS) is 15.5. The third-order valence-corrected chi connectivity index (χ3v) is 3.77. The molecule has 4 nitrogen and oxygen atoms in total. The summed E-state index contributed by atoms with van der Waals surface area (Å²) in [6, 6.07) is 14.0. The fourth-order valence-corrected chi connectivity index (χ4v) is 2.65. The molecular weight excluding hydrogens is 299 g/mol. The van der Waals surface area contributed by atoms with Crippen molar-refractivity contribution in [1.82, 2.24) is 0 Å². The molecule has 1 aromatic heterocycles. The molecule has 1 atom stereocenters. The van der Waals surface area contributed by atoms with Crippen LogP contribution in [0.5, 0.6) is 5.75 Å². The zero-order valence-corrected chi connectivity index (χ0v) is 11.8. The van der Waals surface area contributed by atoms with Crippen LogP contribution in [0.25, 0.3) is 22.5 Å². The highest BCUT2D eigenvalue weighted by Gasteiger charge is 2.28. The van der Waals surface area contributed by atoms with E-state index in [9.17, 15) is 14.3 Å². The van der Waals surface area contributed by atoms with E-state index in [0.717, 1.165) is 0 Å². The van der Waals surface area contributed by atoms with Crippen molar-refractivity contribution in [3.05, 3.63) is 76.4 Å². The van der Waals surface area contributed by atoms with Crippen LogP contribution >= 0.6 is 0 Å². The van der Waals surface area contributed by atoms with Crippen LogP contribution in [0.2, 0.25) is 0 Å². The summed E-state index contributed by atoms with van der Waals surface area (Å²) in [7, 11) is 0. The van der Waals surface area contributed by atoms with Gasteiger partial charge in [0.2, 0.25) is 6.29 Å². The molecule has 0 fully saturated rings. The molecule has 0 aliphatic carbocycles. The van der Waals surface area contributed by atoms with Crippen molar-refractivity contribution in [3.8, 4) is 28.2 Å². The lowest BCUT2D eigenvalue weighted by atomic mass is 9.99. The number of benzene rings is 2. The summed E-state index contributed by atoms with van der Waals surface area (Å²) >= 11 is 0. The molecule has 0 radical (unpaired) electrons. The second kappa shape index (κ2) is 5.07. The van der Waals surface area contributed by atoms with E-state index in [1.54, 1.807) is 24.3 Å². The molecule has 0 spiro atoms. The van der Waals surface area contributed by atoms with E-state index in [1.807, 2.05) is 0 Å². The molecule has 4 rings (SSSR count). The average molecular weight is 310 g/mol. The van der Waals surface area contributed by atoms with Gasteiger partial charge in [0.1, 0.15) is 11.6 Å². The molecule has 1 aliphatic heterocycles. The van der Waals surface area contributed by atoms with Crippen molar-refractivity contribution >= 4 is 0 Å². The topological polar surface area (TPSA) is 59.7 Å². The summed E-state index contributed by atoms with van der Waals surface area (Å²) in [5.74, 6) is 0.341. The van der Waals surface area contributed by atoms with Crippen molar-refractivity contribution in [3.63, 3.8) is 0 Å². The Labute approximate surface area is 130 Å². The van der Waals surface area contributed by atoms with Crippen LogP contribution in [0.1, 0.15) is 11.9 Å². The summed E-state index contributed by atoms with van der Waals surface area (Å²) in [6.45, 7) is 0. The number of aliphatic hydroxyl groups is 1. The maximum atomic E-state index is 13.0. The first-order valence-electron chi connectivity index (χ1n) is 7.01. The standard InChI is InChI=1S/C18H11FO4/c19-11-7-5-10(6-8-11)13-9-14-16(23-17(13)20)12-3-1-2-4-15(12)22-18(14)21/h1-9,18,21H. The van der Waals surface area contributed by atoms with Gasteiger partial charge in [0.05, 0.1) is 16.7 Å². The average Bonchev–Trinajstić information content (AvgIpc) is 2.55. The molecule has 0 bridgehead atoms. The van der Waals surface area contributed by atoms with Gasteiger partial charge >= 0.3 is 5.63 Å². The van der Waals surface area contributed by atoms with Crippen LogP contribution < -0.4 is 10.4 Å². The van der Waals surface area contributed by atoms with E-state index >= 15 is 0 Å². The molecule has 5 heteroatoms. The molecule has 1 N–H and O–H groups in total. The Hall–Kier alpha value is -2.92. The second-order valence-corrected chi connectivity index (χ2v) is 5.21. The highest BCUT2D eigenvalue weighted by atomic mass is 19.1. The lowest BCUT2D eigenvalue weighted by Crippen LogP contribution is -2.16. The number of ether oxygens (including phenoxy) is 1. The SMILES string of the molecule is O=c1oc2c(cc1-c1ccc(F)cc1)C(O)Oc1ccccc1-2. The third kappa shape index (κ3) is 2.22. The Kier molecular flexibility index (Phi) is 3.02. The van der Waals surface area contributed by atoms with Crippen LogP contribution in [0.3, 0.4) is 0 Å². The Morgan fingerprint density at radius 3 is 2.52 bits per heavy atom. The van der Waals surface area contributed by atoms with Crippen LogP contribution in [-0.4, -0.2) is 5.11 Å². The number of fused-ring (bicyclic) bond motifs is 3. The van der Waals surface area contributed by atoms with Crippen LogP contribution in [0.4, 0.5) is 4.39 Å². The maximum Gasteiger partial charge on any atom is 0.344 e. The van der Waals surface area contributed by atoms with Gasteiger partial charge in [-0.05, 0) is 35.9 Å². The lowest BCUT2D eigenvalue weighted by molar-refractivity contribution is -0.0231. The Morgan fingerprint density at radius 2 is 1.74 bits per heavy atom. The molecule has 2 aromatic carbocycles. The van der Waals surface area contributed by atoms with Gasteiger partial charge in [0.15, 0.2) is 5.76 Å². The van der Waals surface area contributed by atoms with E-state index < -0.39 is 17.7 Å². The van der Waals surface area contributed by atoms with Gasteiger partial charge in [-0.15, -0.1) is 0 Å². The summed E-state index contributed by atoms with van der Waals surface area (Å²) in [4.78, 5) is 12.3. The van der Waals surface area contributed by atoms with E-state index in [-0.39, 0.29) is 11.3 Å². The molecule has 2 heterocycles. The molecule has 3 aromatic rings. The summed E-state index contributed by atoms with van der Waals surface area (Å²) in [5.41, 5.74) is 1.16. The monoisotopic (exact) mass is 310 g/mol. The van der Waals surface area contributed by atoms with Gasteiger partial charge in [-0.3, -0.25) is 0 Å². The predicted molar refractivity (Wildman–Crippen MR) is 81.4 cm³/mol. The number of para-hydroxylation sites is 1. The van der Waals surface area contributed by atoms with Crippen LogP contribution in [-0.2, 0) is 0 Å². The maximum absolute atomic E-state index is 13.0. The zero-order valence-electron chi connectivity index (χ0n) is 11.8. The Balaban J connectivity index is 1.93. The van der Waals surface area contributed by atoms with E-state index in [2.05, 4.69) is 0 Å². The highest BCUT2D eigenvalue weighted by molar-refractivity contribution is 5.73. The van der Waals surface area contributed by atoms with Crippen LogP contribution in [0, 0.1) is 5.82 Å². The molecule has 1 unspecified atom stereocenters. The van der Waals surface area contributed by atoms with E-state index in [4.69, 9.17) is 9.15 Å². The van der Waals surface area contributed by atoms with Gasteiger partial charge in [-0.25, -0.2) is 9.18 Å². The summed E-state index contributed by atoms with van der Waals surface area (Å²) in [5, 5.41) is 10.2. The highest BCUT2D eigenvalue weighted by Crippen LogP contribution is 2.41. The van der Waals surface area contributed by atoms with E-state index in [1.165, 1.54) is 30.3 Å². The Morgan fingerprint density at radius 1 is 1.00 bits per heavy atom. The minimum atomic E-state index is -1.23. The van der Waals surface area contributed by atoms with Crippen molar-refractivity contribution in [2.45, 2.75) is 6.29 Å². The van der Waals surface area contributed by atoms with Gasteiger partial charge in [0.25, 0.3) is 0 Å². The van der Waals surface area contributed by atoms with Crippen molar-refractivity contribution in [1.29, 1.82) is 0 Å². The number of aliphatic hydroxyl groups excluding tert-OH is 1. The van der Waals surface area contributed by atoms with Crippen molar-refractivity contribution in [2.75, 3.05) is 0 Å². The minimum Gasteiger partial charge on any atom is -0.460 e. The number of halogens is 1. The molecule has 114 valence electrons. The molecule has 1 aliphatic rings. The zero-order chi connectivity index (χ0) is 16.0. The molecule has 23 heavy (non-hydrogen) atoms. The molecular formula is C18H11FO4. The van der Waals surface area contributed by atoms with Gasteiger partial charge in [0, 0.05) is 0 Å². The largest absolute Gasteiger partial charge is 0.460 e.